The van der Waals surface area contributed by atoms with Gasteiger partial charge in [0.1, 0.15) is 5.82 Å². The van der Waals surface area contributed by atoms with E-state index in [-0.39, 0.29) is 5.91 Å². The maximum Gasteiger partial charge on any atom is 0.251 e. The van der Waals surface area contributed by atoms with Crippen molar-refractivity contribution in [1.82, 2.24) is 14.9 Å². The molecule has 0 saturated heterocycles. The Hall–Kier alpha value is -2.04. The lowest BCUT2D eigenvalue weighted by atomic mass is 10.1. The van der Waals surface area contributed by atoms with Crippen LogP contribution in [0.2, 0.25) is 10.0 Å². The predicted octanol–water partition coefficient (Wildman–Crippen LogP) is 7.12. The number of aryl methyl sites for hydroxylation is 1. The van der Waals surface area contributed by atoms with Crippen LogP contribution in [0.15, 0.2) is 36.4 Å². The first-order valence-corrected chi connectivity index (χ1v) is 11.5. The molecule has 0 spiro atoms. The number of hydrogen-bond acceptors (Lipinski definition) is 2. The van der Waals surface area contributed by atoms with E-state index in [2.05, 4.69) is 23.7 Å². The predicted molar refractivity (Wildman–Crippen MR) is 127 cm³/mol. The molecule has 6 heteroatoms. The average molecular weight is 446 g/mol. The minimum absolute atomic E-state index is 0.0485. The molecule has 4 nitrogen and oxygen atoms in total. The van der Waals surface area contributed by atoms with E-state index in [9.17, 15) is 4.79 Å². The van der Waals surface area contributed by atoms with Gasteiger partial charge >= 0.3 is 0 Å². The summed E-state index contributed by atoms with van der Waals surface area (Å²) in [5, 5.41) is 4.05. The van der Waals surface area contributed by atoms with Crippen LogP contribution in [0, 0.1) is 0 Å². The fraction of sp³-hybridized carbons (Fsp3) is 0.417. The number of fused-ring (bicyclic) bond motifs is 1. The molecule has 30 heavy (non-hydrogen) atoms. The van der Waals surface area contributed by atoms with Gasteiger partial charge in [-0.1, -0.05) is 62.7 Å². The Kier molecular flexibility index (Phi) is 8.17. The van der Waals surface area contributed by atoms with Crippen LogP contribution in [0.3, 0.4) is 0 Å². The summed E-state index contributed by atoms with van der Waals surface area (Å²) in [6, 6.07) is 11.3. The largest absolute Gasteiger partial charge is 0.352 e. The van der Waals surface area contributed by atoms with E-state index in [4.69, 9.17) is 28.2 Å². The molecule has 0 aliphatic rings. The van der Waals surface area contributed by atoms with E-state index < -0.39 is 0 Å². The van der Waals surface area contributed by atoms with Gasteiger partial charge in [0, 0.05) is 24.2 Å². The lowest BCUT2D eigenvalue weighted by molar-refractivity contribution is 0.0953. The van der Waals surface area contributed by atoms with Gasteiger partial charge in [-0.25, -0.2) is 4.98 Å². The van der Waals surface area contributed by atoms with Crippen LogP contribution in [-0.4, -0.2) is 22.0 Å². The average Bonchev–Trinajstić information content (AvgIpc) is 3.11. The van der Waals surface area contributed by atoms with E-state index in [1.165, 1.54) is 12.8 Å². The summed E-state index contributed by atoms with van der Waals surface area (Å²) >= 11 is 12.3. The van der Waals surface area contributed by atoms with Crippen molar-refractivity contribution < 1.29 is 4.79 Å². The normalized spacial score (nSPS) is 11.2. The van der Waals surface area contributed by atoms with Gasteiger partial charge in [0.05, 0.1) is 21.1 Å². The molecule has 1 aromatic heterocycles. The van der Waals surface area contributed by atoms with Gasteiger partial charge in [-0.2, -0.15) is 0 Å². The number of aromatic nitrogens is 2. The zero-order valence-corrected chi connectivity index (χ0v) is 19.2. The highest BCUT2D eigenvalue weighted by molar-refractivity contribution is 6.42. The highest BCUT2D eigenvalue weighted by Gasteiger charge is 2.15. The van der Waals surface area contributed by atoms with Crippen LogP contribution in [0.5, 0.6) is 0 Å². The van der Waals surface area contributed by atoms with Crippen molar-refractivity contribution in [3.05, 3.63) is 52.0 Å². The van der Waals surface area contributed by atoms with Gasteiger partial charge in [0.25, 0.3) is 5.91 Å². The zero-order valence-electron chi connectivity index (χ0n) is 17.7. The lowest BCUT2D eigenvalue weighted by Gasteiger charge is -2.10. The first-order chi connectivity index (χ1) is 14.5. The van der Waals surface area contributed by atoms with Crippen LogP contribution in [0.25, 0.3) is 22.4 Å². The number of hydrogen-bond donors (Lipinski definition) is 1. The van der Waals surface area contributed by atoms with E-state index in [1.807, 2.05) is 30.3 Å². The SMILES string of the molecule is CCCCCCNC(=O)c1ccc2c(c1)nc(-c1ccc(Cl)c(Cl)c1)n2CCCC. The molecule has 160 valence electrons. The number of amides is 1. The monoisotopic (exact) mass is 445 g/mol. The minimum Gasteiger partial charge on any atom is -0.352 e. The molecule has 1 N–H and O–H groups in total. The second kappa shape index (κ2) is 10.8. The summed E-state index contributed by atoms with van der Waals surface area (Å²) in [5.41, 5.74) is 3.38. The van der Waals surface area contributed by atoms with Gasteiger partial charge in [-0.15, -0.1) is 0 Å². The topological polar surface area (TPSA) is 46.9 Å². The summed E-state index contributed by atoms with van der Waals surface area (Å²) in [6.07, 6.45) is 6.67. The molecule has 0 atom stereocenters. The molecular formula is C24H29Cl2N3O. The van der Waals surface area contributed by atoms with Gasteiger partial charge in [0.2, 0.25) is 0 Å². The second-order valence-electron chi connectivity index (χ2n) is 7.59. The Bertz CT molecular complexity index is 1010. The third-order valence-corrected chi connectivity index (χ3v) is 5.98. The molecule has 1 amide bonds. The number of nitrogens with zero attached hydrogens (tertiary/aromatic N) is 2. The first-order valence-electron chi connectivity index (χ1n) is 10.8. The van der Waals surface area contributed by atoms with Crippen LogP contribution in [0.1, 0.15) is 62.7 Å². The summed E-state index contributed by atoms with van der Waals surface area (Å²) < 4.78 is 2.20. The van der Waals surface area contributed by atoms with Crippen molar-refractivity contribution in [1.29, 1.82) is 0 Å². The van der Waals surface area contributed by atoms with E-state index in [1.54, 1.807) is 6.07 Å². The van der Waals surface area contributed by atoms with Crippen molar-refractivity contribution >= 4 is 40.1 Å². The fourth-order valence-electron chi connectivity index (χ4n) is 3.52. The Morgan fingerprint density at radius 3 is 2.50 bits per heavy atom. The van der Waals surface area contributed by atoms with Crippen molar-refractivity contribution in [3.8, 4) is 11.4 Å². The summed E-state index contributed by atoms with van der Waals surface area (Å²) in [6.45, 7) is 5.91. The third kappa shape index (κ3) is 5.35. The summed E-state index contributed by atoms with van der Waals surface area (Å²) in [7, 11) is 0. The number of carbonyl (C=O) groups is 1. The molecule has 2 aromatic carbocycles. The molecule has 0 aliphatic carbocycles. The molecule has 0 fully saturated rings. The van der Waals surface area contributed by atoms with Crippen LogP contribution >= 0.6 is 23.2 Å². The molecule has 0 radical (unpaired) electrons. The van der Waals surface area contributed by atoms with Crippen molar-refractivity contribution in [2.24, 2.45) is 0 Å². The van der Waals surface area contributed by atoms with Gasteiger partial charge < -0.3 is 9.88 Å². The number of halogens is 2. The van der Waals surface area contributed by atoms with Gasteiger partial charge in [-0.3, -0.25) is 4.79 Å². The third-order valence-electron chi connectivity index (χ3n) is 5.24. The lowest BCUT2D eigenvalue weighted by Crippen LogP contribution is -2.24. The number of benzene rings is 2. The molecule has 0 unspecified atom stereocenters. The Morgan fingerprint density at radius 1 is 0.967 bits per heavy atom. The number of nitrogens with one attached hydrogen (secondary N) is 1. The highest BCUT2D eigenvalue weighted by Crippen LogP contribution is 2.31. The maximum atomic E-state index is 12.6. The Balaban J connectivity index is 1.89. The Morgan fingerprint density at radius 2 is 1.77 bits per heavy atom. The minimum atomic E-state index is -0.0485. The molecule has 1 heterocycles. The molecule has 3 rings (SSSR count). The number of carbonyl (C=O) groups excluding carboxylic acids is 1. The standard InChI is InChI=1S/C24H29Cl2N3O/c1-3-5-7-8-13-27-24(30)18-10-12-22-21(16-18)28-23(29(22)14-6-4-2)17-9-11-19(25)20(26)15-17/h9-12,15-16H,3-8,13-14H2,1-2H3,(H,27,30). The maximum absolute atomic E-state index is 12.6. The Labute approximate surface area is 188 Å². The first kappa shape index (κ1) is 22.6. The van der Waals surface area contributed by atoms with E-state index in [0.717, 1.165) is 54.6 Å². The van der Waals surface area contributed by atoms with Crippen LogP contribution in [0.4, 0.5) is 0 Å². The van der Waals surface area contributed by atoms with Crippen LogP contribution in [-0.2, 0) is 6.54 Å². The molecule has 3 aromatic rings. The molecule has 0 saturated carbocycles. The fourth-order valence-corrected chi connectivity index (χ4v) is 3.82. The zero-order chi connectivity index (χ0) is 21.5. The quantitative estimate of drug-likeness (QED) is 0.337. The number of unbranched alkanes of at least 4 members (excludes halogenated alkanes) is 4. The molecule has 0 bridgehead atoms. The number of imidazole rings is 1. The van der Waals surface area contributed by atoms with Gasteiger partial charge in [0.15, 0.2) is 0 Å². The highest BCUT2D eigenvalue weighted by atomic mass is 35.5. The summed E-state index contributed by atoms with van der Waals surface area (Å²) in [5.74, 6) is 0.793. The van der Waals surface area contributed by atoms with Crippen LogP contribution < -0.4 is 5.32 Å². The van der Waals surface area contributed by atoms with E-state index in [0.29, 0.717) is 22.2 Å². The molecular weight excluding hydrogens is 417 g/mol. The second-order valence-corrected chi connectivity index (χ2v) is 8.40. The number of rotatable bonds is 10. The molecule has 0 aliphatic heterocycles. The van der Waals surface area contributed by atoms with E-state index >= 15 is 0 Å². The van der Waals surface area contributed by atoms with Crippen molar-refractivity contribution in [2.75, 3.05) is 6.54 Å². The van der Waals surface area contributed by atoms with Crippen molar-refractivity contribution in [2.45, 2.75) is 58.9 Å². The van der Waals surface area contributed by atoms with Gasteiger partial charge in [-0.05, 0) is 49.2 Å². The summed E-state index contributed by atoms with van der Waals surface area (Å²) in [4.78, 5) is 17.4. The van der Waals surface area contributed by atoms with Crippen molar-refractivity contribution in [3.63, 3.8) is 0 Å². The smallest absolute Gasteiger partial charge is 0.251 e.